The van der Waals surface area contributed by atoms with Crippen molar-refractivity contribution in [3.63, 3.8) is 0 Å². The Morgan fingerprint density at radius 3 is 2.54 bits per heavy atom. The number of halogens is 2. The number of allylic oxidation sites excluding steroid dienone is 5. The molecule has 0 aromatic carbocycles. The van der Waals surface area contributed by atoms with Crippen LogP contribution in [0.2, 0.25) is 0 Å². The number of nitrogens with zero attached hydrogens (tertiary/aromatic N) is 1. The fourth-order valence-electron chi connectivity index (χ4n) is 1.15. The molecule has 0 saturated heterocycles. The zero-order valence-corrected chi connectivity index (χ0v) is 10.4. The molecule has 2 N–H and O–H groups in total. The summed E-state index contributed by atoms with van der Waals surface area (Å²) in [6, 6.07) is 0. The van der Waals surface area contributed by atoms with Crippen LogP contribution < -0.4 is 0 Å². The van der Waals surface area contributed by atoms with Gasteiger partial charge in [0.15, 0.2) is 0 Å². The van der Waals surface area contributed by atoms with E-state index in [1.54, 1.807) is 0 Å². The molecule has 2 nitrogen and oxygen atoms in total. The summed E-state index contributed by atoms with van der Waals surface area (Å²) < 4.78 is 0. The van der Waals surface area contributed by atoms with Crippen LogP contribution in [-0.4, -0.2) is 16.9 Å². The summed E-state index contributed by atoms with van der Waals surface area (Å²) in [4.78, 5) is 2.21. The number of hydrogen-bond donors (Lipinski definition) is 0. The standard InChI is InChI=1S/C9H9N.2BrH.H2O/c1-3-7-10-8-4-2-6-9(10)5-1;;;/h1-7H,8H2;2*1H;1H2. The number of rotatable bonds is 0. The molecule has 0 radical (unpaired) electrons. The van der Waals surface area contributed by atoms with Gasteiger partial charge in [-0.1, -0.05) is 18.2 Å². The van der Waals surface area contributed by atoms with Crippen LogP contribution in [0.3, 0.4) is 0 Å². The zero-order valence-electron chi connectivity index (χ0n) is 7.01. The van der Waals surface area contributed by atoms with Gasteiger partial charge in [-0.3, -0.25) is 0 Å². The van der Waals surface area contributed by atoms with E-state index in [1.165, 1.54) is 5.70 Å². The van der Waals surface area contributed by atoms with E-state index in [0.29, 0.717) is 0 Å². The van der Waals surface area contributed by atoms with Gasteiger partial charge in [-0.2, -0.15) is 0 Å². The molecule has 0 fully saturated rings. The van der Waals surface area contributed by atoms with Crippen molar-refractivity contribution in [1.29, 1.82) is 0 Å². The Morgan fingerprint density at radius 1 is 1.08 bits per heavy atom. The van der Waals surface area contributed by atoms with E-state index in [4.69, 9.17) is 0 Å². The van der Waals surface area contributed by atoms with E-state index in [-0.39, 0.29) is 39.4 Å². The SMILES string of the molecule is Br.Br.C1=CCN2C=CC=CC2=C1.O. The normalized spacial score (nSPS) is 16.0. The second-order valence-corrected chi connectivity index (χ2v) is 2.37. The fourth-order valence-corrected chi connectivity index (χ4v) is 1.15. The van der Waals surface area contributed by atoms with Crippen LogP contribution in [0.25, 0.3) is 0 Å². The Kier molecular flexibility index (Phi) is 8.30. The zero-order chi connectivity index (χ0) is 6.81. The van der Waals surface area contributed by atoms with E-state index in [2.05, 4.69) is 47.6 Å². The van der Waals surface area contributed by atoms with Crippen LogP contribution in [0, 0.1) is 0 Å². The Morgan fingerprint density at radius 2 is 1.85 bits per heavy atom. The predicted octanol–water partition coefficient (Wildman–Crippen LogP) is 2.16. The molecular formula is C9H13Br2NO. The molecule has 2 heterocycles. The van der Waals surface area contributed by atoms with Crippen molar-refractivity contribution in [2.75, 3.05) is 6.54 Å². The third kappa shape index (κ3) is 3.50. The summed E-state index contributed by atoms with van der Waals surface area (Å²) in [5.74, 6) is 0. The number of hydrogen-bond acceptors (Lipinski definition) is 1. The molecule has 0 spiro atoms. The maximum Gasteiger partial charge on any atom is 0.0409 e. The molecule has 0 aliphatic carbocycles. The summed E-state index contributed by atoms with van der Waals surface area (Å²) in [6.45, 7) is 1.01. The van der Waals surface area contributed by atoms with Gasteiger partial charge in [-0.05, 0) is 18.2 Å². The third-order valence-electron chi connectivity index (χ3n) is 1.68. The summed E-state index contributed by atoms with van der Waals surface area (Å²) >= 11 is 0. The Balaban J connectivity index is 0. The first-order valence-electron chi connectivity index (χ1n) is 3.45. The molecule has 0 bridgehead atoms. The fraction of sp³-hybridized carbons (Fsp3) is 0.111. The van der Waals surface area contributed by atoms with E-state index in [1.807, 2.05) is 0 Å². The second kappa shape index (κ2) is 7.12. The van der Waals surface area contributed by atoms with Gasteiger partial charge in [-0.15, -0.1) is 34.0 Å². The van der Waals surface area contributed by atoms with Crippen molar-refractivity contribution in [3.8, 4) is 0 Å². The van der Waals surface area contributed by atoms with Crippen LogP contribution in [0.1, 0.15) is 0 Å². The minimum Gasteiger partial charge on any atom is -0.412 e. The molecule has 0 amide bonds. The molecule has 4 heteroatoms. The van der Waals surface area contributed by atoms with Gasteiger partial charge in [0.25, 0.3) is 0 Å². The molecule has 0 unspecified atom stereocenters. The maximum atomic E-state index is 2.21. The number of fused-ring (bicyclic) bond motifs is 1. The van der Waals surface area contributed by atoms with Crippen LogP contribution in [0.15, 0.2) is 48.4 Å². The van der Waals surface area contributed by atoms with Crippen molar-refractivity contribution in [1.82, 2.24) is 4.90 Å². The van der Waals surface area contributed by atoms with Crippen molar-refractivity contribution >= 4 is 34.0 Å². The van der Waals surface area contributed by atoms with Crippen molar-refractivity contribution in [3.05, 3.63) is 48.4 Å². The predicted molar refractivity (Wildman–Crippen MR) is 66.5 cm³/mol. The summed E-state index contributed by atoms with van der Waals surface area (Å²) in [7, 11) is 0. The highest BCUT2D eigenvalue weighted by Gasteiger charge is 2.05. The van der Waals surface area contributed by atoms with Crippen molar-refractivity contribution in [2.24, 2.45) is 0 Å². The average molecular weight is 311 g/mol. The third-order valence-corrected chi connectivity index (χ3v) is 1.68. The molecule has 0 atom stereocenters. The lowest BCUT2D eigenvalue weighted by molar-refractivity contribution is 0.523. The van der Waals surface area contributed by atoms with E-state index >= 15 is 0 Å². The highest BCUT2D eigenvalue weighted by atomic mass is 79.9. The molecule has 2 aliphatic rings. The van der Waals surface area contributed by atoms with Gasteiger partial charge in [0, 0.05) is 18.4 Å². The highest BCUT2D eigenvalue weighted by molar-refractivity contribution is 8.93. The molecule has 0 aromatic heterocycles. The Hall–Kier alpha value is -0.320. The first-order valence-corrected chi connectivity index (χ1v) is 3.45. The molecule has 0 aromatic rings. The first kappa shape index (κ1) is 15.2. The lowest BCUT2D eigenvalue weighted by Gasteiger charge is -2.23. The van der Waals surface area contributed by atoms with Crippen LogP contribution >= 0.6 is 34.0 Å². The minimum atomic E-state index is 0. The molecule has 13 heavy (non-hydrogen) atoms. The van der Waals surface area contributed by atoms with Gasteiger partial charge >= 0.3 is 0 Å². The first-order chi connectivity index (χ1) is 4.97. The van der Waals surface area contributed by atoms with Gasteiger partial charge in [0.2, 0.25) is 0 Å². The molecule has 2 rings (SSSR count). The Bertz CT molecular complexity index is 256. The topological polar surface area (TPSA) is 34.7 Å². The lowest BCUT2D eigenvalue weighted by atomic mass is 10.2. The van der Waals surface area contributed by atoms with Gasteiger partial charge in [0.05, 0.1) is 0 Å². The van der Waals surface area contributed by atoms with E-state index in [9.17, 15) is 0 Å². The monoisotopic (exact) mass is 309 g/mol. The van der Waals surface area contributed by atoms with Gasteiger partial charge < -0.3 is 10.4 Å². The quantitative estimate of drug-likeness (QED) is 0.675. The molecule has 74 valence electrons. The minimum absolute atomic E-state index is 0. The smallest absolute Gasteiger partial charge is 0.0409 e. The van der Waals surface area contributed by atoms with Gasteiger partial charge in [-0.25, -0.2) is 0 Å². The average Bonchev–Trinajstić information content (AvgIpc) is 2.05. The van der Waals surface area contributed by atoms with E-state index < -0.39 is 0 Å². The van der Waals surface area contributed by atoms with Crippen molar-refractivity contribution in [2.45, 2.75) is 0 Å². The van der Waals surface area contributed by atoms with Crippen molar-refractivity contribution < 1.29 is 5.48 Å². The summed E-state index contributed by atoms with van der Waals surface area (Å²) in [6.07, 6.45) is 14.7. The summed E-state index contributed by atoms with van der Waals surface area (Å²) in [5.41, 5.74) is 1.28. The summed E-state index contributed by atoms with van der Waals surface area (Å²) in [5, 5.41) is 0. The van der Waals surface area contributed by atoms with Crippen LogP contribution in [0.4, 0.5) is 0 Å². The Labute approximate surface area is 99.2 Å². The maximum absolute atomic E-state index is 2.21. The highest BCUT2D eigenvalue weighted by Crippen LogP contribution is 2.14. The lowest BCUT2D eigenvalue weighted by Crippen LogP contribution is -2.18. The van der Waals surface area contributed by atoms with Crippen LogP contribution in [-0.2, 0) is 0 Å². The largest absolute Gasteiger partial charge is 0.412 e. The molecule has 0 saturated carbocycles. The molecular weight excluding hydrogens is 298 g/mol. The van der Waals surface area contributed by atoms with Gasteiger partial charge in [0.1, 0.15) is 0 Å². The molecule has 2 aliphatic heterocycles. The van der Waals surface area contributed by atoms with E-state index in [0.717, 1.165) is 6.54 Å². The second-order valence-electron chi connectivity index (χ2n) is 2.37. The van der Waals surface area contributed by atoms with Crippen LogP contribution in [0.5, 0.6) is 0 Å².